The molecule has 172 valence electrons. The Hall–Kier alpha value is -3.61. The fourth-order valence-electron chi connectivity index (χ4n) is 4.08. The predicted molar refractivity (Wildman–Crippen MR) is 134 cm³/mol. The number of ether oxygens (including phenoxy) is 1. The van der Waals surface area contributed by atoms with Crippen molar-refractivity contribution in [2.24, 2.45) is 0 Å². The van der Waals surface area contributed by atoms with Crippen LogP contribution in [0.5, 0.6) is 5.75 Å². The van der Waals surface area contributed by atoms with E-state index in [2.05, 4.69) is 36.5 Å². The Labute approximate surface area is 200 Å². The summed E-state index contributed by atoms with van der Waals surface area (Å²) in [7, 11) is -3.70. The van der Waals surface area contributed by atoms with Gasteiger partial charge in [-0.25, -0.2) is 8.42 Å². The van der Waals surface area contributed by atoms with Crippen molar-refractivity contribution in [2.45, 2.75) is 31.1 Å². The standard InChI is InChI=1S/C28H26N2O3S/c1-21-11-13-23(14-12-21)20-33-25-17-15-24(16-18-25)28-29-26-9-5-6-10-27(26)34(31,32)30(28)19-22-7-3-2-4-8-22/h2-18,28-29H,19-20H2,1H3. The number of nitrogens with zero attached hydrogens (tertiary/aromatic N) is 1. The molecule has 0 fully saturated rings. The van der Waals surface area contributed by atoms with Crippen LogP contribution >= 0.6 is 0 Å². The number of benzene rings is 4. The second-order valence-corrected chi connectivity index (χ2v) is 10.3. The van der Waals surface area contributed by atoms with Crippen molar-refractivity contribution < 1.29 is 13.2 Å². The zero-order chi connectivity index (χ0) is 23.5. The number of fused-ring (bicyclic) bond motifs is 1. The predicted octanol–water partition coefficient (Wildman–Crippen LogP) is 5.89. The number of hydrogen-bond acceptors (Lipinski definition) is 4. The van der Waals surface area contributed by atoms with E-state index in [0.717, 1.165) is 22.4 Å². The van der Waals surface area contributed by atoms with Crippen molar-refractivity contribution in [2.75, 3.05) is 5.32 Å². The highest BCUT2D eigenvalue weighted by molar-refractivity contribution is 7.89. The van der Waals surface area contributed by atoms with Gasteiger partial charge in [0, 0.05) is 6.54 Å². The van der Waals surface area contributed by atoms with Gasteiger partial charge in [-0.15, -0.1) is 0 Å². The first-order valence-corrected chi connectivity index (χ1v) is 12.6. The third-order valence-electron chi connectivity index (χ3n) is 5.96. The van der Waals surface area contributed by atoms with Gasteiger partial charge in [-0.3, -0.25) is 0 Å². The third-order valence-corrected chi connectivity index (χ3v) is 7.83. The molecule has 1 aliphatic rings. The molecule has 1 aliphatic heterocycles. The molecule has 5 rings (SSSR count). The maximum Gasteiger partial charge on any atom is 0.247 e. The van der Waals surface area contributed by atoms with Gasteiger partial charge in [0.1, 0.15) is 23.4 Å². The van der Waals surface area contributed by atoms with E-state index in [4.69, 9.17) is 4.74 Å². The minimum atomic E-state index is -3.70. The summed E-state index contributed by atoms with van der Waals surface area (Å²) in [5, 5.41) is 3.43. The first-order chi connectivity index (χ1) is 16.5. The van der Waals surface area contributed by atoms with Gasteiger partial charge in [-0.2, -0.15) is 4.31 Å². The van der Waals surface area contributed by atoms with E-state index in [9.17, 15) is 8.42 Å². The summed E-state index contributed by atoms with van der Waals surface area (Å²) in [5.41, 5.74) is 4.69. The van der Waals surface area contributed by atoms with Crippen molar-refractivity contribution in [3.63, 3.8) is 0 Å². The molecule has 4 aromatic carbocycles. The Balaban J connectivity index is 1.42. The van der Waals surface area contributed by atoms with Gasteiger partial charge in [0.05, 0.1) is 5.69 Å². The number of sulfonamides is 1. The van der Waals surface area contributed by atoms with E-state index in [0.29, 0.717) is 17.2 Å². The van der Waals surface area contributed by atoms with E-state index in [-0.39, 0.29) is 6.54 Å². The van der Waals surface area contributed by atoms with Gasteiger partial charge in [-0.05, 0) is 47.9 Å². The zero-order valence-electron chi connectivity index (χ0n) is 18.9. The number of para-hydroxylation sites is 1. The smallest absolute Gasteiger partial charge is 0.247 e. The van der Waals surface area contributed by atoms with Crippen LogP contribution in [-0.2, 0) is 23.2 Å². The highest BCUT2D eigenvalue weighted by atomic mass is 32.2. The number of hydrogen-bond donors (Lipinski definition) is 1. The van der Waals surface area contributed by atoms with Crippen molar-refractivity contribution in [1.82, 2.24) is 4.31 Å². The van der Waals surface area contributed by atoms with Crippen LogP contribution in [0.25, 0.3) is 0 Å². The monoisotopic (exact) mass is 470 g/mol. The van der Waals surface area contributed by atoms with E-state index in [1.54, 1.807) is 18.2 Å². The lowest BCUT2D eigenvalue weighted by Crippen LogP contribution is -2.42. The van der Waals surface area contributed by atoms with Gasteiger partial charge < -0.3 is 10.1 Å². The molecular weight excluding hydrogens is 444 g/mol. The number of aryl methyl sites for hydroxylation is 1. The molecule has 0 spiro atoms. The van der Waals surface area contributed by atoms with Gasteiger partial charge >= 0.3 is 0 Å². The molecule has 1 atom stereocenters. The SMILES string of the molecule is Cc1ccc(COc2ccc(C3Nc4ccccc4S(=O)(=O)N3Cc3ccccc3)cc2)cc1. The first-order valence-electron chi connectivity index (χ1n) is 11.2. The van der Waals surface area contributed by atoms with Gasteiger partial charge in [0.15, 0.2) is 0 Å². The number of anilines is 1. The maximum absolute atomic E-state index is 13.6. The summed E-state index contributed by atoms with van der Waals surface area (Å²) in [4.78, 5) is 0.292. The van der Waals surface area contributed by atoms with E-state index in [1.807, 2.05) is 60.7 Å². The Morgan fingerprint density at radius 3 is 2.21 bits per heavy atom. The van der Waals surface area contributed by atoms with Crippen LogP contribution in [0.15, 0.2) is 108 Å². The summed E-state index contributed by atoms with van der Waals surface area (Å²) in [6.45, 7) is 2.80. The van der Waals surface area contributed by atoms with Crippen LogP contribution in [0.3, 0.4) is 0 Å². The van der Waals surface area contributed by atoms with Crippen LogP contribution in [0.4, 0.5) is 5.69 Å². The van der Waals surface area contributed by atoms with Crippen LogP contribution in [0.2, 0.25) is 0 Å². The summed E-state index contributed by atoms with van der Waals surface area (Å²) in [6, 6.07) is 32.5. The summed E-state index contributed by atoms with van der Waals surface area (Å²) in [5.74, 6) is 0.734. The van der Waals surface area contributed by atoms with Crippen LogP contribution < -0.4 is 10.1 Å². The molecule has 0 saturated carbocycles. The van der Waals surface area contributed by atoms with E-state index in [1.165, 1.54) is 9.87 Å². The molecule has 0 aliphatic carbocycles. The summed E-state index contributed by atoms with van der Waals surface area (Å²) >= 11 is 0. The second-order valence-electron chi connectivity index (χ2n) is 8.42. The average molecular weight is 471 g/mol. The van der Waals surface area contributed by atoms with Crippen molar-refractivity contribution >= 4 is 15.7 Å². The quantitative estimate of drug-likeness (QED) is 0.382. The lowest BCUT2D eigenvalue weighted by molar-refractivity contribution is 0.305. The van der Waals surface area contributed by atoms with Crippen molar-refractivity contribution in [3.8, 4) is 5.75 Å². The van der Waals surface area contributed by atoms with Crippen LogP contribution in [0.1, 0.15) is 28.4 Å². The largest absolute Gasteiger partial charge is 0.489 e. The maximum atomic E-state index is 13.6. The molecule has 1 N–H and O–H groups in total. The lowest BCUT2D eigenvalue weighted by Gasteiger charge is -2.37. The molecule has 5 nitrogen and oxygen atoms in total. The molecule has 4 aromatic rings. The molecular formula is C28H26N2O3S. The van der Waals surface area contributed by atoms with Gasteiger partial charge in [0.25, 0.3) is 0 Å². The van der Waals surface area contributed by atoms with Crippen molar-refractivity contribution in [3.05, 3.63) is 125 Å². The van der Waals surface area contributed by atoms with Crippen molar-refractivity contribution in [1.29, 1.82) is 0 Å². The molecule has 0 radical (unpaired) electrons. The first kappa shape index (κ1) is 22.2. The molecule has 0 bridgehead atoms. The fourth-order valence-corrected chi connectivity index (χ4v) is 5.76. The topological polar surface area (TPSA) is 58.6 Å². The highest BCUT2D eigenvalue weighted by Gasteiger charge is 2.38. The van der Waals surface area contributed by atoms with E-state index >= 15 is 0 Å². The minimum Gasteiger partial charge on any atom is -0.489 e. The Kier molecular flexibility index (Phi) is 6.09. The molecule has 0 amide bonds. The van der Waals surface area contributed by atoms with Crippen LogP contribution in [-0.4, -0.2) is 12.7 Å². The molecule has 0 saturated heterocycles. The Morgan fingerprint density at radius 1 is 0.794 bits per heavy atom. The normalized spacial score (nSPS) is 16.9. The molecule has 34 heavy (non-hydrogen) atoms. The number of rotatable bonds is 6. The van der Waals surface area contributed by atoms with Crippen LogP contribution in [0, 0.1) is 6.92 Å². The molecule has 6 heteroatoms. The summed E-state index contributed by atoms with van der Waals surface area (Å²) in [6.07, 6.45) is -0.536. The number of nitrogens with one attached hydrogen (secondary N) is 1. The third kappa shape index (κ3) is 4.55. The zero-order valence-corrected chi connectivity index (χ0v) is 19.7. The van der Waals surface area contributed by atoms with E-state index < -0.39 is 16.2 Å². The average Bonchev–Trinajstić information content (AvgIpc) is 2.86. The Morgan fingerprint density at radius 2 is 1.47 bits per heavy atom. The highest BCUT2D eigenvalue weighted by Crippen LogP contribution is 2.39. The molecule has 0 aromatic heterocycles. The lowest BCUT2D eigenvalue weighted by atomic mass is 10.1. The molecule has 1 heterocycles. The van der Waals surface area contributed by atoms with Gasteiger partial charge in [-0.1, -0.05) is 84.4 Å². The Bertz CT molecular complexity index is 1370. The van der Waals surface area contributed by atoms with Gasteiger partial charge in [0.2, 0.25) is 10.0 Å². The summed E-state index contributed by atoms with van der Waals surface area (Å²) < 4.78 is 34.7. The molecule has 1 unspecified atom stereocenters. The second kappa shape index (κ2) is 9.33. The minimum absolute atomic E-state index is 0.265. The fraction of sp³-hybridized carbons (Fsp3) is 0.143.